The van der Waals surface area contributed by atoms with Gasteiger partial charge in [0.15, 0.2) is 5.78 Å². The second-order valence-electron chi connectivity index (χ2n) is 5.46. The van der Waals surface area contributed by atoms with Crippen molar-refractivity contribution in [2.75, 3.05) is 7.11 Å². The van der Waals surface area contributed by atoms with Gasteiger partial charge >= 0.3 is 0 Å². The molecular weight excluding hydrogens is 330 g/mol. The number of carbonyl (C=O) groups is 1. The second-order valence-corrected chi connectivity index (χ2v) is 6.37. The van der Waals surface area contributed by atoms with Crippen LogP contribution < -0.4 is 4.74 Å². The first-order valence-electron chi connectivity index (χ1n) is 7.21. The molecule has 1 aromatic heterocycles. The fraction of sp³-hybridized carbons (Fsp3) is 0.353. The number of halogens is 1. The van der Waals surface area contributed by atoms with Gasteiger partial charge in [0.25, 0.3) is 0 Å². The lowest BCUT2D eigenvalue weighted by Gasteiger charge is -2.10. The van der Waals surface area contributed by atoms with Crippen LogP contribution in [0.1, 0.15) is 40.7 Å². The quantitative estimate of drug-likeness (QED) is 0.778. The van der Waals surface area contributed by atoms with Crippen LogP contribution in [0.5, 0.6) is 5.75 Å². The van der Waals surface area contributed by atoms with Gasteiger partial charge in [0.1, 0.15) is 5.75 Å². The zero-order valence-corrected chi connectivity index (χ0v) is 13.6. The minimum Gasteiger partial charge on any atom is -0.496 e. The fourth-order valence-electron chi connectivity index (χ4n) is 2.90. The summed E-state index contributed by atoms with van der Waals surface area (Å²) >= 11 is 3.50. The van der Waals surface area contributed by atoms with Gasteiger partial charge in [-0.25, -0.2) is 0 Å². The normalized spacial score (nSPS) is 14.7. The maximum absolute atomic E-state index is 12.1. The summed E-state index contributed by atoms with van der Waals surface area (Å²) < 4.78 is 8.54. The van der Waals surface area contributed by atoms with Crippen molar-refractivity contribution in [1.29, 1.82) is 0 Å². The number of aryl methyl sites for hydroxylation is 1. The van der Waals surface area contributed by atoms with Gasteiger partial charge in [0.05, 0.1) is 13.7 Å². The smallest absolute Gasteiger partial charge is 0.164 e. The van der Waals surface area contributed by atoms with E-state index in [1.165, 1.54) is 5.56 Å². The molecule has 4 heteroatoms. The highest BCUT2D eigenvalue weighted by Crippen LogP contribution is 2.26. The van der Waals surface area contributed by atoms with E-state index in [1.807, 2.05) is 18.3 Å². The average molecular weight is 348 g/mol. The van der Waals surface area contributed by atoms with E-state index in [9.17, 15) is 4.79 Å². The molecule has 2 aromatic rings. The van der Waals surface area contributed by atoms with Gasteiger partial charge in [0, 0.05) is 34.4 Å². The van der Waals surface area contributed by atoms with Crippen LogP contribution in [-0.4, -0.2) is 17.5 Å². The molecule has 0 atom stereocenters. The van der Waals surface area contributed by atoms with Crippen LogP contribution in [-0.2, 0) is 13.0 Å². The van der Waals surface area contributed by atoms with Crippen molar-refractivity contribution in [2.24, 2.45) is 0 Å². The van der Waals surface area contributed by atoms with Crippen LogP contribution in [0.4, 0.5) is 0 Å². The summed E-state index contributed by atoms with van der Waals surface area (Å²) in [5.41, 5.74) is 3.19. The molecule has 3 nitrogen and oxygen atoms in total. The Morgan fingerprint density at radius 3 is 2.86 bits per heavy atom. The Balaban J connectivity index is 1.91. The van der Waals surface area contributed by atoms with Crippen molar-refractivity contribution in [1.82, 2.24) is 4.57 Å². The number of hydrogen-bond donors (Lipinski definition) is 0. The van der Waals surface area contributed by atoms with Gasteiger partial charge in [-0.1, -0.05) is 15.9 Å². The van der Waals surface area contributed by atoms with Crippen molar-refractivity contribution >= 4 is 21.7 Å². The SMILES string of the molecule is COc1ccc(Br)cc1Cn1cc2c(c1)C(=O)CCCC2. The third-order valence-electron chi connectivity index (χ3n) is 3.96. The lowest BCUT2D eigenvalue weighted by atomic mass is 10.1. The molecule has 0 bridgehead atoms. The van der Waals surface area contributed by atoms with Crippen molar-refractivity contribution < 1.29 is 9.53 Å². The second kappa shape index (κ2) is 6.06. The van der Waals surface area contributed by atoms with E-state index in [1.54, 1.807) is 7.11 Å². The highest BCUT2D eigenvalue weighted by molar-refractivity contribution is 9.10. The molecule has 3 rings (SSSR count). The first kappa shape index (κ1) is 14.4. The Bertz CT molecular complexity index is 675. The molecule has 0 amide bonds. The number of methoxy groups -OCH3 is 1. The van der Waals surface area contributed by atoms with Crippen LogP contribution in [0, 0.1) is 0 Å². The number of nitrogens with zero attached hydrogens (tertiary/aromatic N) is 1. The topological polar surface area (TPSA) is 31.2 Å². The molecule has 110 valence electrons. The number of rotatable bonds is 3. The number of ether oxygens (including phenoxy) is 1. The van der Waals surface area contributed by atoms with Crippen LogP contribution in [0.25, 0.3) is 0 Å². The summed E-state index contributed by atoms with van der Waals surface area (Å²) in [6.45, 7) is 0.711. The van der Waals surface area contributed by atoms with Crippen LogP contribution in [0.15, 0.2) is 35.1 Å². The molecule has 1 aliphatic carbocycles. The predicted molar refractivity (Wildman–Crippen MR) is 86.1 cm³/mol. The summed E-state index contributed by atoms with van der Waals surface area (Å²) in [5, 5.41) is 0. The zero-order chi connectivity index (χ0) is 14.8. The summed E-state index contributed by atoms with van der Waals surface area (Å²) in [4.78, 5) is 12.1. The molecule has 0 radical (unpaired) electrons. The molecule has 1 aliphatic rings. The third-order valence-corrected chi connectivity index (χ3v) is 4.45. The molecule has 0 aliphatic heterocycles. The monoisotopic (exact) mass is 347 g/mol. The van der Waals surface area contributed by atoms with Crippen LogP contribution >= 0.6 is 15.9 Å². The Morgan fingerprint density at radius 1 is 1.24 bits per heavy atom. The standard InChI is InChI=1S/C17H18BrNO2/c1-21-17-7-6-14(18)8-13(17)10-19-9-12-4-2-3-5-16(20)15(12)11-19/h6-9,11H,2-5,10H2,1H3. The highest BCUT2D eigenvalue weighted by Gasteiger charge is 2.18. The maximum Gasteiger partial charge on any atom is 0.164 e. The molecular formula is C17H18BrNO2. The van der Waals surface area contributed by atoms with Crippen molar-refractivity contribution in [2.45, 2.75) is 32.2 Å². The summed E-state index contributed by atoms with van der Waals surface area (Å²) in [7, 11) is 1.68. The number of aromatic nitrogens is 1. The number of benzene rings is 1. The molecule has 1 aromatic carbocycles. The van der Waals surface area contributed by atoms with Crippen LogP contribution in [0.3, 0.4) is 0 Å². The van der Waals surface area contributed by atoms with E-state index in [0.717, 1.165) is 40.6 Å². The molecule has 21 heavy (non-hydrogen) atoms. The number of fused-ring (bicyclic) bond motifs is 1. The number of hydrogen-bond acceptors (Lipinski definition) is 2. The Morgan fingerprint density at radius 2 is 2.05 bits per heavy atom. The molecule has 0 spiro atoms. The van der Waals surface area contributed by atoms with Gasteiger partial charge in [-0.2, -0.15) is 0 Å². The van der Waals surface area contributed by atoms with Gasteiger partial charge < -0.3 is 9.30 Å². The third kappa shape index (κ3) is 3.05. The molecule has 0 saturated heterocycles. The van der Waals surface area contributed by atoms with Gasteiger partial charge in [-0.05, 0) is 43.0 Å². The van der Waals surface area contributed by atoms with E-state index in [4.69, 9.17) is 4.74 Å². The summed E-state index contributed by atoms with van der Waals surface area (Å²) in [6, 6.07) is 5.99. The van der Waals surface area contributed by atoms with Gasteiger partial charge in [-0.15, -0.1) is 0 Å². The molecule has 0 N–H and O–H groups in total. The Labute approximate surface area is 133 Å². The predicted octanol–water partition coefficient (Wildman–Crippen LogP) is 4.22. The minimum atomic E-state index is 0.280. The van der Waals surface area contributed by atoms with E-state index in [-0.39, 0.29) is 5.78 Å². The number of ketones is 1. The zero-order valence-electron chi connectivity index (χ0n) is 12.1. The van der Waals surface area contributed by atoms with E-state index in [0.29, 0.717) is 13.0 Å². The Hall–Kier alpha value is -1.55. The lowest BCUT2D eigenvalue weighted by molar-refractivity contribution is 0.0982. The van der Waals surface area contributed by atoms with Crippen molar-refractivity contribution in [3.05, 3.63) is 51.8 Å². The largest absolute Gasteiger partial charge is 0.496 e. The fourth-order valence-corrected chi connectivity index (χ4v) is 3.31. The lowest BCUT2D eigenvalue weighted by Crippen LogP contribution is -2.01. The first-order chi connectivity index (χ1) is 10.2. The van der Waals surface area contributed by atoms with Gasteiger partial charge in [-0.3, -0.25) is 4.79 Å². The van der Waals surface area contributed by atoms with Crippen molar-refractivity contribution in [3.8, 4) is 5.75 Å². The summed E-state index contributed by atoms with van der Waals surface area (Å²) in [5.74, 6) is 1.15. The highest BCUT2D eigenvalue weighted by atomic mass is 79.9. The number of carbonyl (C=O) groups excluding carboxylic acids is 1. The van der Waals surface area contributed by atoms with Crippen molar-refractivity contribution in [3.63, 3.8) is 0 Å². The maximum atomic E-state index is 12.1. The molecule has 0 unspecified atom stereocenters. The first-order valence-corrected chi connectivity index (χ1v) is 8.01. The minimum absolute atomic E-state index is 0.280. The van der Waals surface area contributed by atoms with Gasteiger partial charge in [0.2, 0.25) is 0 Å². The average Bonchev–Trinajstić information content (AvgIpc) is 2.79. The molecule has 1 heterocycles. The van der Waals surface area contributed by atoms with Crippen LogP contribution in [0.2, 0.25) is 0 Å². The van der Waals surface area contributed by atoms with E-state index >= 15 is 0 Å². The molecule has 0 saturated carbocycles. The summed E-state index contributed by atoms with van der Waals surface area (Å²) in [6.07, 6.45) is 7.89. The Kier molecular flexibility index (Phi) is 4.15. The van der Waals surface area contributed by atoms with E-state index < -0.39 is 0 Å². The number of Topliss-reactive ketones (excluding diaryl/α,β-unsaturated/α-hetero) is 1. The van der Waals surface area contributed by atoms with E-state index in [2.05, 4.69) is 32.8 Å². The molecule has 0 fully saturated rings.